The van der Waals surface area contributed by atoms with E-state index in [-0.39, 0.29) is 6.10 Å². The van der Waals surface area contributed by atoms with E-state index in [1.807, 2.05) is 31.2 Å². The van der Waals surface area contributed by atoms with Crippen molar-refractivity contribution in [2.45, 2.75) is 65.5 Å². The van der Waals surface area contributed by atoms with Crippen LogP contribution >= 0.6 is 11.6 Å². The molecule has 0 fully saturated rings. The summed E-state index contributed by atoms with van der Waals surface area (Å²) in [5.74, 6) is 1.81. The molecule has 0 aliphatic heterocycles. The topological polar surface area (TPSA) is 27.1 Å². The quantitative estimate of drug-likeness (QED) is 0.367. The number of fused-ring (bicyclic) bond motifs is 1. The zero-order valence-corrected chi connectivity index (χ0v) is 17.3. The highest BCUT2D eigenvalue weighted by Gasteiger charge is 2.18. The molecule has 1 aromatic heterocycles. The summed E-state index contributed by atoms with van der Waals surface area (Å²) in [6.45, 7) is 7.29. The van der Waals surface area contributed by atoms with Gasteiger partial charge in [0.05, 0.1) is 11.0 Å². The third-order valence-corrected chi connectivity index (χ3v) is 5.40. The zero-order valence-electron chi connectivity index (χ0n) is 16.5. The number of imidazole rings is 1. The van der Waals surface area contributed by atoms with Crippen molar-refractivity contribution in [3.05, 3.63) is 58.9 Å². The number of hydrogen-bond acceptors (Lipinski definition) is 2. The Kier molecular flexibility index (Phi) is 6.78. The highest BCUT2D eigenvalue weighted by atomic mass is 35.5. The van der Waals surface area contributed by atoms with Crippen molar-refractivity contribution in [3.8, 4) is 5.75 Å². The monoisotopic (exact) mass is 384 g/mol. The number of aromatic nitrogens is 2. The minimum absolute atomic E-state index is 0.131. The molecule has 0 saturated heterocycles. The maximum Gasteiger partial charge on any atom is 0.153 e. The van der Waals surface area contributed by atoms with Crippen LogP contribution in [0.15, 0.2) is 42.5 Å². The Morgan fingerprint density at radius 3 is 2.63 bits per heavy atom. The Morgan fingerprint density at radius 1 is 1.07 bits per heavy atom. The predicted molar refractivity (Wildman–Crippen MR) is 114 cm³/mol. The Labute approximate surface area is 167 Å². The van der Waals surface area contributed by atoms with Crippen LogP contribution in [0.1, 0.15) is 63.4 Å². The molecule has 0 spiro atoms. The normalized spacial score (nSPS) is 12.4. The van der Waals surface area contributed by atoms with Crippen molar-refractivity contribution < 1.29 is 4.74 Å². The lowest BCUT2D eigenvalue weighted by molar-refractivity contribution is 0.211. The highest BCUT2D eigenvalue weighted by molar-refractivity contribution is 6.31. The van der Waals surface area contributed by atoms with Crippen molar-refractivity contribution >= 4 is 22.6 Å². The summed E-state index contributed by atoms with van der Waals surface area (Å²) in [7, 11) is 0. The summed E-state index contributed by atoms with van der Waals surface area (Å²) < 4.78 is 8.54. The molecule has 0 bridgehead atoms. The molecule has 1 unspecified atom stereocenters. The lowest BCUT2D eigenvalue weighted by Crippen LogP contribution is -2.12. The maximum absolute atomic E-state index is 6.21. The standard InChI is InChI=1S/C23H29ClN2O/c1-4-5-6-7-10-15-26-22-12-9-8-11-21(22)25-23(26)18(3)27-19-13-14-20(24)17(2)16-19/h8-9,11-14,16,18H,4-7,10,15H2,1-3H3. The molecular formula is C23H29ClN2O. The smallest absolute Gasteiger partial charge is 0.153 e. The second-order valence-electron chi connectivity index (χ2n) is 7.20. The molecule has 3 aromatic rings. The molecule has 3 rings (SSSR count). The molecule has 0 radical (unpaired) electrons. The number of para-hydroxylation sites is 2. The van der Waals surface area contributed by atoms with Gasteiger partial charge in [-0.25, -0.2) is 4.98 Å². The van der Waals surface area contributed by atoms with E-state index in [4.69, 9.17) is 21.3 Å². The number of halogens is 1. The van der Waals surface area contributed by atoms with Gasteiger partial charge in [-0.05, 0) is 56.2 Å². The zero-order chi connectivity index (χ0) is 19.2. The molecule has 0 aliphatic rings. The fraction of sp³-hybridized carbons (Fsp3) is 0.435. The van der Waals surface area contributed by atoms with Crippen LogP contribution in [-0.4, -0.2) is 9.55 Å². The SMILES string of the molecule is CCCCCCCn1c(C(C)Oc2ccc(Cl)c(C)c2)nc2ccccc21. The van der Waals surface area contributed by atoms with Gasteiger partial charge >= 0.3 is 0 Å². The molecule has 4 heteroatoms. The van der Waals surface area contributed by atoms with Gasteiger partial charge in [0.1, 0.15) is 5.75 Å². The van der Waals surface area contributed by atoms with Gasteiger partial charge in [-0.15, -0.1) is 0 Å². The number of unbranched alkanes of at least 4 members (excludes halogenated alkanes) is 4. The van der Waals surface area contributed by atoms with Crippen LogP contribution in [0, 0.1) is 6.92 Å². The summed E-state index contributed by atoms with van der Waals surface area (Å²) in [6, 6.07) is 14.1. The minimum atomic E-state index is -0.131. The Morgan fingerprint density at radius 2 is 1.85 bits per heavy atom. The van der Waals surface area contributed by atoms with Crippen LogP contribution < -0.4 is 4.74 Å². The number of aryl methyl sites for hydroxylation is 2. The summed E-state index contributed by atoms with van der Waals surface area (Å²) in [6.07, 6.45) is 6.17. The predicted octanol–water partition coefficient (Wildman–Crippen LogP) is 7.11. The van der Waals surface area contributed by atoms with E-state index in [0.29, 0.717) is 0 Å². The van der Waals surface area contributed by atoms with Gasteiger partial charge in [0.2, 0.25) is 0 Å². The third kappa shape index (κ3) is 4.84. The van der Waals surface area contributed by atoms with Crippen LogP contribution in [-0.2, 0) is 6.54 Å². The second-order valence-corrected chi connectivity index (χ2v) is 7.60. The summed E-state index contributed by atoms with van der Waals surface area (Å²) in [5, 5.41) is 0.759. The lowest BCUT2D eigenvalue weighted by Gasteiger charge is -2.17. The molecule has 0 aliphatic carbocycles. The fourth-order valence-corrected chi connectivity index (χ4v) is 3.58. The lowest BCUT2D eigenvalue weighted by atomic mass is 10.1. The number of ether oxygens (including phenoxy) is 1. The average Bonchev–Trinajstić information content (AvgIpc) is 3.03. The molecule has 0 N–H and O–H groups in total. The summed E-state index contributed by atoms with van der Waals surface area (Å²) in [4.78, 5) is 4.88. The number of benzene rings is 2. The van der Waals surface area contributed by atoms with Crippen molar-refractivity contribution in [2.75, 3.05) is 0 Å². The molecule has 0 amide bonds. The Bertz CT molecular complexity index is 887. The first-order chi connectivity index (χ1) is 13.1. The van der Waals surface area contributed by atoms with Crippen molar-refractivity contribution in [3.63, 3.8) is 0 Å². The van der Waals surface area contributed by atoms with Crippen LogP contribution in [0.25, 0.3) is 11.0 Å². The van der Waals surface area contributed by atoms with Crippen molar-refractivity contribution in [1.29, 1.82) is 0 Å². The molecule has 1 atom stereocenters. The highest BCUT2D eigenvalue weighted by Crippen LogP contribution is 2.28. The van der Waals surface area contributed by atoms with E-state index in [2.05, 4.69) is 36.6 Å². The first-order valence-electron chi connectivity index (χ1n) is 9.98. The summed E-state index contributed by atoms with van der Waals surface area (Å²) >= 11 is 6.13. The van der Waals surface area contributed by atoms with Crippen LogP contribution in [0.4, 0.5) is 0 Å². The van der Waals surface area contributed by atoms with Crippen molar-refractivity contribution in [1.82, 2.24) is 9.55 Å². The van der Waals surface area contributed by atoms with Crippen molar-refractivity contribution in [2.24, 2.45) is 0 Å². The number of nitrogens with zero attached hydrogens (tertiary/aromatic N) is 2. The van der Waals surface area contributed by atoms with Gasteiger partial charge in [-0.2, -0.15) is 0 Å². The van der Waals surface area contributed by atoms with E-state index in [1.165, 1.54) is 37.6 Å². The third-order valence-electron chi connectivity index (χ3n) is 4.98. The fourth-order valence-electron chi connectivity index (χ4n) is 3.46. The van der Waals surface area contributed by atoms with Gasteiger partial charge < -0.3 is 9.30 Å². The maximum atomic E-state index is 6.21. The molecule has 0 saturated carbocycles. The van der Waals surface area contributed by atoms with E-state index >= 15 is 0 Å². The van der Waals surface area contributed by atoms with Crippen LogP contribution in [0.5, 0.6) is 5.75 Å². The molecule has 3 nitrogen and oxygen atoms in total. The van der Waals surface area contributed by atoms with Gasteiger partial charge in [-0.3, -0.25) is 0 Å². The first-order valence-corrected chi connectivity index (χ1v) is 10.4. The number of hydrogen-bond donors (Lipinski definition) is 0. The van der Waals surface area contributed by atoms with Gasteiger partial charge in [0, 0.05) is 11.6 Å². The molecular weight excluding hydrogens is 356 g/mol. The second kappa shape index (κ2) is 9.27. The Balaban J connectivity index is 1.81. The van der Waals surface area contributed by atoms with E-state index in [0.717, 1.165) is 34.2 Å². The molecule has 27 heavy (non-hydrogen) atoms. The molecule has 1 heterocycles. The summed E-state index contributed by atoms with van der Waals surface area (Å²) in [5.41, 5.74) is 3.24. The Hall–Kier alpha value is -2.00. The van der Waals surface area contributed by atoms with E-state index in [9.17, 15) is 0 Å². The first kappa shape index (κ1) is 19.8. The molecule has 144 valence electrons. The minimum Gasteiger partial charge on any atom is -0.483 e. The van der Waals surface area contributed by atoms with Crippen LogP contribution in [0.2, 0.25) is 5.02 Å². The average molecular weight is 385 g/mol. The van der Waals surface area contributed by atoms with Crippen LogP contribution in [0.3, 0.4) is 0 Å². The number of rotatable bonds is 9. The van der Waals surface area contributed by atoms with E-state index < -0.39 is 0 Å². The van der Waals surface area contributed by atoms with E-state index in [1.54, 1.807) is 0 Å². The van der Waals surface area contributed by atoms with Gasteiger partial charge in [0.25, 0.3) is 0 Å². The molecule has 2 aromatic carbocycles. The van der Waals surface area contributed by atoms with Gasteiger partial charge in [0.15, 0.2) is 11.9 Å². The van der Waals surface area contributed by atoms with Gasteiger partial charge in [-0.1, -0.05) is 56.3 Å². The largest absolute Gasteiger partial charge is 0.483 e.